The van der Waals surface area contributed by atoms with E-state index in [-0.39, 0.29) is 18.3 Å². The maximum Gasteiger partial charge on any atom is 0.307 e. The highest BCUT2D eigenvalue weighted by Gasteiger charge is 2.12. The van der Waals surface area contributed by atoms with Gasteiger partial charge in [0, 0.05) is 19.2 Å². The molecule has 1 rings (SSSR count). The van der Waals surface area contributed by atoms with Crippen molar-refractivity contribution in [1.82, 2.24) is 4.90 Å². The number of carbonyl (C=O) groups excluding carboxylic acids is 2. The lowest BCUT2D eigenvalue weighted by molar-refractivity contribution is -0.143. The molecule has 0 fully saturated rings. The molecule has 0 atom stereocenters. The molecule has 4 nitrogen and oxygen atoms in total. The first-order valence-corrected chi connectivity index (χ1v) is 6.02. The Bertz CT molecular complexity index is 412. The highest BCUT2D eigenvalue weighted by molar-refractivity contribution is 5.94. The van der Waals surface area contributed by atoms with Gasteiger partial charge in [-0.1, -0.05) is 17.7 Å². The Labute approximate surface area is 108 Å². The SMILES string of the molecule is CCOC(=O)CCN(C)C(=O)c1ccc(C)cc1. The Morgan fingerprint density at radius 3 is 2.39 bits per heavy atom. The Morgan fingerprint density at radius 1 is 1.22 bits per heavy atom. The molecule has 18 heavy (non-hydrogen) atoms. The first-order valence-electron chi connectivity index (χ1n) is 6.02. The second-order valence-corrected chi connectivity index (χ2v) is 4.15. The van der Waals surface area contributed by atoms with Gasteiger partial charge in [0.2, 0.25) is 0 Å². The van der Waals surface area contributed by atoms with Gasteiger partial charge in [0.25, 0.3) is 5.91 Å². The molecule has 0 aromatic heterocycles. The molecule has 0 aliphatic rings. The zero-order valence-electron chi connectivity index (χ0n) is 11.1. The molecule has 0 N–H and O–H groups in total. The molecule has 4 heteroatoms. The second kappa shape index (κ2) is 6.79. The summed E-state index contributed by atoms with van der Waals surface area (Å²) in [6.07, 6.45) is 0.224. The third-order valence-corrected chi connectivity index (χ3v) is 2.60. The zero-order chi connectivity index (χ0) is 13.5. The van der Waals surface area contributed by atoms with E-state index in [0.717, 1.165) is 5.56 Å². The van der Waals surface area contributed by atoms with E-state index in [4.69, 9.17) is 4.74 Å². The lowest BCUT2D eigenvalue weighted by Crippen LogP contribution is -2.29. The molecule has 0 unspecified atom stereocenters. The minimum atomic E-state index is -0.277. The van der Waals surface area contributed by atoms with Crippen LogP contribution in [0.1, 0.15) is 29.3 Å². The highest BCUT2D eigenvalue weighted by Crippen LogP contribution is 2.06. The molecule has 0 spiro atoms. The molecular weight excluding hydrogens is 230 g/mol. The van der Waals surface area contributed by atoms with Crippen LogP contribution in [-0.4, -0.2) is 37.0 Å². The minimum Gasteiger partial charge on any atom is -0.466 e. The molecule has 1 aromatic carbocycles. The van der Waals surface area contributed by atoms with Crippen LogP contribution >= 0.6 is 0 Å². The van der Waals surface area contributed by atoms with Gasteiger partial charge in [0.05, 0.1) is 13.0 Å². The lowest BCUT2D eigenvalue weighted by Gasteiger charge is -2.16. The number of aryl methyl sites for hydroxylation is 1. The number of amides is 1. The number of esters is 1. The monoisotopic (exact) mass is 249 g/mol. The van der Waals surface area contributed by atoms with Gasteiger partial charge in [-0.2, -0.15) is 0 Å². The molecule has 0 radical (unpaired) electrons. The molecule has 0 saturated carbocycles. The molecule has 98 valence electrons. The van der Waals surface area contributed by atoms with Crippen LogP contribution in [-0.2, 0) is 9.53 Å². The largest absolute Gasteiger partial charge is 0.466 e. The average molecular weight is 249 g/mol. The molecule has 0 bridgehead atoms. The van der Waals surface area contributed by atoms with Gasteiger partial charge in [-0.15, -0.1) is 0 Å². The lowest BCUT2D eigenvalue weighted by atomic mass is 10.1. The van der Waals surface area contributed by atoms with E-state index < -0.39 is 0 Å². The van der Waals surface area contributed by atoms with Gasteiger partial charge >= 0.3 is 5.97 Å². The van der Waals surface area contributed by atoms with E-state index in [1.807, 2.05) is 19.1 Å². The Hall–Kier alpha value is -1.84. The third kappa shape index (κ3) is 4.20. The topological polar surface area (TPSA) is 46.6 Å². The Kier molecular flexibility index (Phi) is 5.36. The van der Waals surface area contributed by atoms with Gasteiger partial charge in [0.15, 0.2) is 0 Å². The van der Waals surface area contributed by atoms with E-state index >= 15 is 0 Å². The minimum absolute atomic E-state index is 0.0840. The van der Waals surface area contributed by atoms with Crippen molar-refractivity contribution < 1.29 is 14.3 Å². The van der Waals surface area contributed by atoms with Gasteiger partial charge in [0.1, 0.15) is 0 Å². The summed E-state index contributed by atoms with van der Waals surface area (Å²) < 4.78 is 4.82. The second-order valence-electron chi connectivity index (χ2n) is 4.15. The quantitative estimate of drug-likeness (QED) is 0.750. The van der Waals surface area contributed by atoms with Gasteiger partial charge < -0.3 is 9.64 Å². The fourth-order valence-electron chi connectivity index (χ4n) is 1.51. The van der Waals surface area contributed by atoms with Gasteiger partial charge in [-0.05, 0) is 26.0 Å². The maximum absolute atomic E-state index is 12.0. The van der Waals surface area contributed by atoms with E-state index in [1.54, 1.807) is 26.1 Å². The van der Waals surface area contributed by atoms with Crippen molar-refractivity contribution in [3.8, 4) is 0 Å². The number of hydrogen-bond acceptors (Lipinski definition) is 3. The third-order valence-electron chi connectivity index (χ3n) is 2.60. The van der Waals surface area contributed by atoms with E-state index in [9.17, 15) is 9.59 Å². The molecule has 0 aliphatic carbocycles. The van der Waals surface area contributed by atoms with Crippen LogP contribution in [0, 0.1) is 6.92 Å². The summed E-state index contributed by atoms with van der Waals surface area (Å²) in [5, 5.41) is 0. The fraction of sp³-hybridized carbons (Fsp3) is 0.429. The summed E-state index contributed by atoms with van der Waals surface area (Å²) >= 11 is 0. The van der Waals surface area contributed by atoms with Crippen LogP contribution in [0.5, 0.6) is 0 Å². The number of rotatable bonds is 5. The van der Waals surface area contributed by atoms with E-state index in [2.05, 4.69) is 0 Å². The van der Waals surface area contributed by atoms with Crippen molar-refractivity contribution in [3.05, 3.63) is 35.4 Å². The van der Waals surface area contributed by atoms with Crippen LogP contribution in [0.3, 0.4) is 0 Å². The van der Waals surface area contributed by atoms with Crippen molar-refractivity contribution >= 4 is 11.9 Å². The summed E-state index contributed by atoms with van der Waals surface area (Å²) in [5.74, 6) is -0.361. The summed E-state index contributed by atoms with van der Waals surface area (Å²) in [5.41, 5.74) is 1.74. The van der Waals surface area contributed by atoms with Gasteiger partial charge in [-0.25, -0.2) is 0 Å². The van der Waals surface area contributed by atoms with Crippen LogP contribution < -0.4 is 0 Å². The predicted molar refractivity (Wildman–Crippen MR) is 69.4 cm³/mol. The highest BCUT2D eigenvalue weighted by atomic mass is 16.5. The number of nitrogens with zero attached hydrogens (tertiary/aromatic N) is 1. The number of carbonyl (C=O) groups is 2. The Morgan fingerprint density at radius 2 is 1.83 bits per heavy atom. The first kappa shape index (κ1) is 14.2. The first-order chi connectivity index (χ1) is 8.54. The van der Waals surface area contributed by atoms with Crippen LogP contribution in [0.4, 0.5) is 0 Å². The number of benzene rings is 1. The molecule has 0 heterocycles. The number of hydrogen-bond donors (Lipinski definition) is 0. The molecular formula is C14H19NO3. The average Bonchev–Trinajstić information content (AvgIpc) is 2.36. The summed E-state index contributed by atoms with van der Waals surface area (Å²) in [7, 11) is 1.68. The molecule has 1 aromatic rings. The number of ether oxygens (including phenoxy) is 1. The van der Waals surface area contributed by atoms with Crippen molar-refractivity contribution in [3.63, 3.8) is 0 Å². The summed E-state index contributed by atoms with van der Waals surface area (Å²) in [6.45, 7) is 4.47. The van der Waals surface area contributed by atoms with Crippen molar-refractivity contribution in [2.24, 2.45) is 0 Å². The standard InChI is InChI=1S/C14H19NO3/c1-4-18-13(16)9-10-15(3)14(17)12-7-5-11(2)6-8-12/h5-8H,4,9-10H2,1-3H3. The van der Waals surface area contributed by atoms with Crippen molar-refractivity contribution in [2.45, 2.75) is 20.3 Å². The van der Waals surface area contributed by atoms with Crippen LogP contribution in [0.2, 0.25) is 0 Å². The molecule has 0 aliphatic heterocycles. The van der Waals surface area contributed by atoms with E-state index in [0.29, 0.717) is 18.7 Å². The van der Waals surface area contributed by atoms with Gasteiger partial charge in [-0.3, -0.25) is 9.59 Å². The van der Waals surface area contributed by atoms with Crippen molar-refractivity contribution in [2.75, 3.05) is 20.2 Å². The van der Waals surface area contributed by atoms with Crippen LogP contribution in [0.15, 0.2) is 24.3 Å². The summed E-state index contributed by atoms with van der Waals surface area (Å²) in [4.78, 5) is 24.7. The fourth-order valence-corrected chi connectivity index (χ4v) is 1.51. The predicted octanol–water partition coefficient (Wildman–Crippen LogP) is 2.02. The van der Waals surface area contributed by atoms with E-state index in [1.165, 1.54) is 4.90 Å². The van der Waals surface area contributed by atoms with Crippen molar-refractivity contribution in [1.29, 1.82) is 0 Å². The normalized spacial score (nSPS) is 9.94. The summed E-state index contributed by atoms with van der Waals surface area (Å²) in [6, 6.07) is 7.37. The molecule has 0 saturated heterocycles. The molecule has 1 amide bonds. The Balaban J connectivity index is 2.51. The van der Waals surface area contributed by atoms with Crippen LogP contribution in [0.25, 0.3) is 0 Å². The zero-order valence-corrected chi connectivity index (χ0v) is 11.1. The smallest absolute Gasteiger partial charge is 0.307 e. The maximum atomic E-state index is 12.0.